The fourth-order valence-corrected chi connectivity index (χ4v) is 2.54. The van der Waals surface area contributed by atoms with Crippen LogP contribution in [-0.4, -0.2) is 16.1 Å². The minimum Gasteiger partial charge on any atom is -0.481 e. The number of hydrogen-bond acceptors (Lipinski definition) is 2. The topological polar surface area (TPSA) is 50.2 Å². The highest BCUT2D eigenvalue weighted by molar-refractivity contribution is 6.38. The Morgan fingerprint density at radius 1 is 1.21 bits per heavy atom. The van der Waals surface area contributed by atoms with Gasteiger partial charge in [0.15, 0.2) is 0 Å². The first-order valence-corrected chi connectivity index (χ1v) is 6.43. The van der Waals surface area contributed by atoms with Gasteiger partial charge < -0.3 is 5.11 Å². The van der Waals surface area contributed by atoms with Crippen molar-refractivity contribution >= 4 is 40.8 Å². The molecule has 0 saturated heterocycles. The van der Waals surface area contributed by atoms with E-state index in [-0.39, 0.29) is 11.6 Å². The third-order valence-electron chi connectivity index (χ3n) is 2.53. The van der Waals surface area contributed by atoms with Gasteiger partial charge in [-0.25, -0.2) is 4.98 Å². The van der Waals surface area contributed by atoms with Gasteiger partial charge in [-0.2, -0.15) is 0 Å². The van der Waals surface area contributed by atoms with E-state index in [2.05, 4.69) is 4.98 Å². The average Bonchev–Trinajstić information content (AvgIpc) is 2.30. The quantitative estimate of drug-likeness (QED) is 0.857. The second-order valence-corrected chi connectivity index (χ2v) is 5.03. The predicted molar refractivity (Wildman–Crippen MR) is 76.0 cm³/mol. The first kappa shape index (κ1) is 14.1. The maximum Gasteiger partial charge on any atom is 0.307 e. The molecule has 0 aliphatic rings. The lowest BCUT2D eigenvalue weighted by Gasteiger charge is -2.11. The number of nitrogens with zero attached hydrogens (tertiary/aromatic N) is 1. The zero-order valence-electron chi connectivity index (χ0n) is 9.53. The van der Waals surface area contributed by atoms with Crippen molar-refractivity contribution in [3.05, 3.63) is 51.2 Å². The molecule has 1 heterocycles. The highest BCUT2D eigenvalue weighted by Gasteiger charge is 2.15. The Hall–Kier alpha value is -1.29. The number of hydrogen-bond donors (Lipinski definition) is 1. The number of halogens is 3. The SMILES string of the molecule is O=C(O)Cc1ccnc(Cl)c1-c1ccc(Cl)cc1Cl. The molecule has 0 bridgehead atoms. The van der Waals surface area contributed by atoms with Gasteiger partial charge in [0.25, 0.3) is 0 Å². The monoisotopic (exact) mass is 315 g/mol. The minimum absolute atomic E-state index is 0.156. The smallest absolute Gasteiger partial charge is 0.307 e. The van der Waals surface area contributed by atoms with E-state index in [1.807, 2.05) is 0 Å². The Bertz CT molecular complexity index is 644. The van der Waals surface area contributed by atoms with Crippen LogP contribution in [0.1, 0.15) is 5.56 Å². The summed E-state index contributed by atoms with van der Waals surface area (Å²) in [5.74, 6) is -0.950. The van der Waals surface area contributed by atoms with Gasteiger partial charge in [-0.3, -0.25) is 4.79 Å². The summed E-state index contributed by atoms with van der Waals surface area (Å²) in [5, 5.41) is 10.0. The Morgan fingerprint density at radius 2 is 1.95 bits per heavy atom. The van der Waals surface area contributed by atoms with Gasteiger partial charge in [-0.15, -0.1) is 0 Å². The highest BCUT2D eigenvalue weighted by atomic mass is 35.5. The molecule has 0 aliphatic carbocycles. The molecule has 0 radical (unpaired) electrons. The lowest BCUT2D eigenvalue weighted by atomic mass is 10.00. The number of carboxylic acid groups (broad SMARTS) is 1. The number of benzene rings is 1. The van der Waals surface area contributed by atoms with E-state index in [1.54, 1.807) is 24.3 Å². The molecule has 98 valence electrons. The Kier molecular flexibility index (Phi) is 4.30. The lowest BCUT2D eigenvalue weighted by molar-refractivity contribution is -0.136. The summed E-state index contributed by atoms with van der Waals surface area (Å²) in [4.78, 5) is 14.9. The molecule has 0 unspecified atom stereocenters. The summed E-state index contributed by atoms with van der Waals surface area (Å²) >= 11 is 18.0. The average molecular weight is 317 g/mol. The van der Waals surface area contributed by atoms with Crippen LogP contribution in [0.25, 0.3) is 11.1 Å². The normalized spacial score (nSPS) is 10.5. The molecule has 0 amide bonds. The van der Waals surface area contributed by atoms with Crippen LogP contribution in [0.15, 0.2) is 30.5 Å². The maximum absolute atomic E-state index is 10.9. The molecule has 1 N–H and O–H groups in total. The van der Waals surface area contributed by atoms with Gasteiger partial charge in [-0.1, -0.05) is 40.9 Å². The Balaban J connectivity index is 2.63. The van der Waals surface area contributed by atoms with Crippen molar-refractivity contribution in [2.45, 2.75) is 6.42 Å². The second kappa shape index (κ2) is 5.78. The molecular formula is C13H8Cl3NO2. The summed E-state index contributed by atoms with van der Waals surface area (Å²) < 4.78 is 0. The fraction of sp³-hybridized carbons (Fsp3) is 0.0769. The van der Waals surface area contributed by atoms with Gasteiger partial charge in [0.05, 0.1) is 6.42 Å². The molecule has 3 nitrogen and oxygen atoms in total. The number of pyridine rings is 1. The molecule has 1 aromatic heterocycles. The van der Waals surface area contributed by atoms with Crippen LogP contribution >= 0.6 is 34.8 Å². The standard InChI is InChI=1S/C13H8Cl3NO2/c14-8-1-2-9(10(15)6-8)12-7(5-11(18)19)3-4-17-13(12)16/h1-4,6H,5H2,(H,18,19). The zero-order valence-corrected chi connectivity index (χ0v) is 11.8. The van der Waals surface area contributed by atoms with Crippen LogP contribution in [-0.2, 0) is 11.2 Å². The maximum atomic E-state index is 10.9. The van der Waals surface area contributed by atoms with Crippen molar-refractivity contribution in [2.75, 3.05) is 0 Å². The van der Waals surface area contributed by atoms with Crippen LogP contribution in [0.2, 0.25) is 15.2 Å². The van der Waals surface area contributed by atoms with Crippen LogP contribution in [0.3, 0.4) is 0 Å². The molecular weight excluding hydrogens is 309 g/mol. The molecule has 19 heavy (non-hydrogen) atoms. The molecule has 2 rings (SSSR count). The van der Waals surface area contributed by atoms with Crippen molar-refractivity contribution in [1.29, 1.82) is 0 Å². The second-order valence-electron chi connectivity index (χ2n) is 3.83. The summed E-state index contributed by atoms with van der Waals surface area (Å²) in [5.41, 5.74) is 1.69. The lowest BCUT2D eigenvalue weighted by Crippen LogP contribution is -2.03. The van der Waals surface area contributed by atoms with Crippen LogP contribution < -0.4 is 0 Å². The fourth-order valence-electron chi connectivity index (χ4n) is 1.76. The van der Waals surface area contributed by atoms with Crippen LogP contribution in [0.5, 0.6) is 0 Å². The van der Waals surface area contributed by atoms with E-state index < -0.39 is 5.97 Å². The van der Waals surface area contributed by atoms with Gasteiger partial charge in [0.2, 0.25) is 0 Å². The molecule has 2 aromatic rings. The van der Waals surface area contributed by atoms with Gasteiger partial charge >= 0.3 is 5.97 Å². The highest BCUT2D eigenvalue weighted by Crippen LogP contribution is 2.36. The molecule has 0 fully saturated rings. The van der Waals surface area contributed by atoms with Gasteiger partial charge in [-0.05, 0) is 23.8 Å². The Morgan fingerprint density at radius 3 is 2.58 bits per heavy atom. The number of aliphatic carboxylic acids is 1. The Labute approximate surface area is 124 Å². The summed E-state index contributed by atoms with van der Waals surface area (Å²) in [6, 6.07) is 6.54. The van der Waals surface area contributed by atoms with E-state index in [4.69, 9.17) is 39.9 Å². The molecule has 0 aliphatic heterocycles. The van der Waals surface area contributed by atoms with E-state index >= 15 is 0 Å². The molecule has 6 heteroatoms. The number of carboxylic acids is 1. The van der Waals surface area contributed by atoms with Crippen LogP contribution in [0.4, 0.5) is 0 Å². The number of rotatable bonds is 3. The van der Waals surface area contributed by atoms with Crippen molar-refractivity contribution in [3.63, 3.8) is 0 Å². The summed E-state index contributed by atoms with van der Waals surface area (Å²) in [7, 11) is 0. The first-order valence-electron chi connectivity index (χ1n) is 5.29. The third-order valence-corrected chi connectivity index (χ3v) is 3.37. The first-order chi connectivity index (χ1) is 8.99. The summed E-state index contributed by atoms with van der Waals surface area (Å²) in [6.45, 7) is 0. The zero-order chi connectivity index (χ0) is 14.0. The minimum atomic E-state index is -0.950. The van der Waals surface area contributed by atoms with Gasteiger partial charge in [0.1, 0.15) is 5.15 Å². The van der Waals surface area contributed by atoms with E-state index in [1.165, 1.54) is 6.20 Å². The summed E-state index contributed by atoms with van der Waals surface area (Å²) in [6.07, 6.45) is 1.31. The van der Waals surface area contributed by atoms with E-state index in [0.29, 0.717) is 26.7 Å². The molecule has 0 saturated carbocycles. The molecule has 1 aromatic carbocycles. The predicted octanol–water partition coefficient (Wildman–Crippen LogP) is 4.34. The van der Waals surface area contributed by atoms with Crippen molar-refractivity contribution < 1.29 is 9.90 Å². The van der Waals surface area contributed by atoms with Crippen LogP contribution in [0, 0.1) is 0 Å². The van der Waals surface area contributed by atoms with Crippen molar-refractivity contribution in [2.24, 2.45) is 0 Å². The molecule has 0 spiro atoms. The van der Waals surface area contributed by atoms with Gasteiger partial charge in [0, 0.05) is 27.4 Å². The molecule has 0 atom stereocenters. The number of carbonyl (C=O) groups is 1. The van der Waals surface area contributed by atoms with E-state index in [0.717, 1.165) is 0 Å². The largest absolute Gasteiger partial charge is 0.481 e. The van der Waals surface area contributed by atoms with Crippen molar-refractivity contribution in [1.82, 2.24) is 4.98 Å². The number of aromatic nitrogens is 1. The third kappa shape index (κ3) is 3.18. The van der Waals surface area contributed by atoms with E-state index in [9.17, 15) is 4.79 Å². The van der Waals surface area contributed by atoms with Crippen molar-refractivity contribution in [3.8, 4) is 11.1 Å².